The van der Waals surface area contributed by atoms with E-state index < -0.39 is 0 Å². The Balaban J connectivity index is 0.00000144. The van der Waals surface area contributed by atoms with Crippen molar-refractivity contribution in [1.29, 1.82) is 0 Å². The number of benzene rings is 1. The third kappa shape index (κ3) is 2.67. The molecule has 0 saturated carbocycles. The first-order chi connectivity index (χ1) is 7.65. The van der Waals surface area contributed by atoms with Crippen molar-refractivity contribution >= 4 is 12.4 Å². The number of methoxy groups -OCH3 is 2. The van der Waals surface area contributed by atoms with Gasteiger partial charge in [0.1, 0.15) is 0 Å². The van der Waals surface area contributed by atoms with Gasteiger partial charge in [0.05, 0.1) is 14.2 Å². The van der Waals surface area contributed by atoms with Crippen molar-refractivity contribution in [3.63, 3.8) is 0 Å². The van der Waals surface area contributed by atoms with Gasteiger partial charge in [0.25, 0.3) is 0 Å². The van der Waals surface area contributed by atoms with E-state index in [1.165, 1.54) is 11.1 Å². The van der Waals surface area contributed by atoms with Gasteiger partial charge >= 0.3 is 0 Å². The zero-order valence-corrected chi connectivity index (χ0v) is 11.6. The normalized spacial score (nSPS) is 16.9. The van der Waals surface area contributed by atoms with Gasteiger partial charge in [0.2, 0.25) is 0 Å². The van der Waals surface area contributed by atoms with Crippen LogP contribution in [0.25, 0.3) is 0 Å². The van der Waals surface area contributed by atoms with Crippen LogP contribution in [0.1, 0.15) is 17.0 Å². The molecule has 1 aromatic rings. The number of ether oxygens (including phenoxy) is 2. The van der Waals surface area contributed by atoms with Crippen LogP contribution >= 0.6 is 12.4 Å². The van der Waals surface area contributed by atoms with Crippen molar-refractivity contribution in [2.75, 3.05) is 34.9 Å². The van der Waals surface area contributed by atoms with Gasteiger partial charge in [-0.05, 0) is 43.8 Å². The van der Waals surface area contributed by atoms with E-state index in [1.807, 2.05) is 0 Å². The molecule has 1 aliphatic rings. The Hall–Kier alpha value is -0.930. The Labute approximate surface area is 109 Å². The Morgan fingerprint density at radius 2 is 1.76 bits per heavy atom. The lowest BCUT2D eigenvalue weighted by atomic mass is 9.77. The average Bonchev–Trinajstić information content (AvgIpc) is 2.25. The molecule has 0 aromatic heterocycles. The minimum Gasteiger partial charge on any atom is -0.493 e. The molecular weight excluding hydrogens is 238 g/mol. The third-order valence-electron chi connectivity index (χ3n) is 3.14. The van der Waals surface area contributed by atoms with Gasteiger partial charge in [-0.2, -0.15) is 0 Å². The van der Waals surface area contributed by atoms with Gasteiger partial charge in [0.15, 0.2) is 11.5 Å². The molecule has 3 nitrogen and oxygen atoms in total. The van der Waals surface area contributed by atoms with Crippen molar-refractivity contribution in [1.82, 2.24) is 4.90 Å². The Morgan fingerprint density at radius 1 is 1.18 bits per heavy atom. The van der Waals surface area contributed by atoms with Crippen LogP contribution in [0, 0.1) is 0 Å². The molecule has 0 aliphatic heterocycles. The van der Waals surface area contributed by atoms with Crippen LogP contribution in [0.2, 0.25) is 0 Å². The van der Waals surface area contributed by atoms with Crippen molar-refractivity contribution < 1.29 is 9.47 Å². The highest BCUT2D eigenvalue weighted by atomic mass is 35.5. The lowest BCUT2D eigenvalue weighted by Crippen LogP contribution is -2.28. The molecule has 1 atom stereocenters. The van der Waals surface area contributed by atoms with Crippen molar-refractivity contribution in [2.24, 2.45) is 0 Å². The summed E-state index contributed by atoms with van der Waals surface area (Å²) in [6.07, 6.45) is 1.15. The van der Waals surface area contributed by atoms with Gasteiger partial charge in [0, 0.05) is 12.5 Å². The Morgan fingerprint density at radius 3 is 2.29 bits per heavy atom. The number of fused-ring (bicyclic) bond motifs is 1. The number of nitrogens with zero attached hydrogens (tertiary/aromatic N) is 1. The molecule has 0 radical (unpaired) electrons. The first-order valence-electron chi connectivity index (χ1n) is 5.55. The highest BCUT2D eigenvalue weighted by Gasteiger charge is 2.28. The summed E-state index contributed by atoms with van der Waals surface area (Å²) in [6, 6.07) is 4.21. The number of hydrogen-bond acceptors (Lipinski definition) is 3. The maximum atomic E-state index is 5.32. The van der Waals surface area contributed by atoms with E-state index in [2.05, 4.69) is 31.1 Å². The molecule has 0 unspecified atom stereocenters. The number of rotatable bonds is 4. The summed E-state index contributed by atoms with van der Waals surface area (Å²) < 4.78 is 10.6. The van der Waals surface area contributed by atoms with Crippen molar-refractivity contribution in [3.8, 4) is 11.5 Å². The van der Waals surface area contributed by atoms with Crippen molar-refractivity contribution in [2.45, 2.75) is 12.3 Å². The largest absolute Gasteiger partial charge is 0.493 e. The van der Waals surface area contributed by atoms with E-state index in [0.717, 1.165) is 24.5 Å². The summed E-state index contributed by atoms with van der Waals surface area (Å²) in [5, 5.41) is 0. The van der Waals surface area contributed by atoms with Crippen LogP contribution in [0.5, 0.6) is 11.5 Å². The molecule has 1 aromatic carbocycles. The lowest BCUT2D eigenvalue weighted by Gasteiger charge is -2.33. The van der Waals surface area contributed by atoms with Crippen LogP contribution in [0.4, 0.5) is 0 Å². The second-order valence-corrected chi connectivity index (χ2v) is 4.57. The third-order valence-corrected chi connectivity index (χ3v) is 3.14. The van der Waals surface area contributed by atoms with Crippen LogP contribution in [-0.4, -0.2) is 39.8 Å². The fourth-order valence-electron chi connectivity index (χ4n) is 2.34. The molecule has 0 heterocycles. The van der Waals surface area contributed by atoms with Gasteiger partial charge in [-0.15, -0.1) is 12.4 Å². The molecule has 0 bridgehead atoms. The smallest absolute Gasteiger partial charge is 0.161 e. The topological polar surface area (TPSA) is 21.7 Å². The summed E-state index contributed by atoms with van der Waals surface area (Å²) in [4.78, 5) is 2.23. The van der Waals surface area contributed by atoms with E-state index in [4.69, 9.17) is 9.47 Å². The van der Waals surface area contributed by atoms with Crippen LogP contribution in [0.3, 0.4) is 0 Å². The molecule has 17 heavy (non-hydrogen) atoms. The molecule has 1 aliphatic carbocycles. The first kappa shape index (κ1) is 14.1. The first-order valence-corrected chi connectivity index (χ1v) is 5.55. The Bertz CT molecular complexity index is 393. The average molecular weight is 258 g/mol. The van der Waals surface area contributed by atoms with E-state index >= 15 is 0 Å². The lowest BCUT2D eigenvalue weighted by molar-refractivity contribution is 0.339. The highest BCUT2D eigenvalue weighted by molar-refractivity contribution is 5.85. The molecule has 0 amide bonds. The highest BCUT2D eigenvalue weighted by Crippen LogP contribution is 2.42. The minimum absolute atomic E-state index is 0. The van der Waals surface area contributed by atoms with E-state index in [1.54, 1.807) is 14.2 Å². The molecule has 0 N–H and O–H groups in total. The van der Waals surface area contributed by atoms with E-state index in [-0.39, 0.29) is 12.4 Å². The van der Waals surface area contributed by atoms with Crippen LogP contribution in [0.15, 0.2) is 12.1 Å². The number of halogens is 1. The minimum atomic E-state index is 0. The SMILES string of the molecule is COc1cc2c(cc1OC)[C@@H](CN(C)C)C2.Cl. The monoisotopic (exact) mass is 257 g/mol. The predicted molar refractivity (Wildman–Crippen MR) is 71.8 cm³/mol. The molecule has 0 spiro atoms. The summed E-state index contributed by atoms with van der Waals surface area (Å²) in [6.45, 7) is 1.10. The molecule has 0 saturated heterocycles. The zero-order valence-electron chi connectivity index (χ0n) is 10.8. The second kappa shape index (κ2) is 5.61. The van der Waals surface area contributed by atoms with Crippen LogP contribution < -0.4 is 9.47 Å². The van der Waals surface area contributed by atoms with Gasteiger partial charge < -0.3 is 14.4 Å². The number of hydrogen-bond donors (Lipinski definition) is 0. The van der Waals surface area contributed by atoms with Gasteiger partial charge in [-0.25, -0.2) is 0 Å². The maximum Gasteiger partial charge on any atom is 0.161 e. The molecule has 2 rings (SSSR count). The van der Waals surface area contributed by atoms with Crippen molar-refractivity contribution in [3.05, 3.63) is 23.3 Å². The van der Waals surface area contributed by atoms with E-state index in [0.29, 0.717) is 5.92 Å². The summed E-state index contributed by atoms with van der Waals surface area (Å²) in [7, 11) is 7.58. The quantitative estimate of drug-likeness (QED) is 0.826. The summed E-state index contributed by atoms with van der Waals surface area (Å²) in [5.74, 6) is 2.32. The zero-order chi connectivity index (χ0) is 11.7. The van der Waals surface area contributed by atoms with Gasteiger partial charge in [-0.1, -0.05) is 0 Å². The molecular formula is C13H20ClNO2. The molecule has 96 valence electrons. The second-order valence-electron chi connectivity index (χ2n) is 4.57. The fourth-order valence-corrected chi connectivity index (χ4v) is 2.34. The summed E-state index contributed by atoms with van der Waals surface area (Å²) in [5.41, 5.74) is 2.80. The number of likely N-dealkylation sites (N-methyl/N-ethyl adjacent to an activating group) is 1. The van der Waals surface area contributed by atoms with Gasteiger partial charge in [-0.3, -0.25) is 0 Å². The van der Waals surface area contributed by atoms with Crippen LogP contribution in [-0.2, 0) is 6.42 Å². The maximum absolute atomic E-state index is 5.32. The standard InChI is InChI=1S/C13H19NO2.ClH/c1-14(2)8-10-5-9-6-12(15-3)13(16-4)7-11(9)10;/h6-7,10H,5,8H2,1-4H3;1H/t10-;/m1./s1. The molecule has 4 heteroatoms. The summed E-state index contributed by atoms with van der Waals surface area (Å²) >= 11 is 0. The van der Waals surface area contributed by atoms with E-state index in [9.17, 15) is 0 Å². The molecule has 0 fully saturated rings. The fraction of sp³-hybridized carbons (Fsp3) is 0.538. The predicted octanol–water partition coefficient (Wildman–Crippen LogP) is 2.33. The Kier molecular flexibility index (Phi) is 4.66.